The number of nitrogens with one attached hydrogen (secondary N) is 1. The normalized spacial score (nSPS) is 10.9. The van der Waals surface area contributed by atoms with Crippen molar-refractivity contribution in [1.82, 2.24) is 9.97 Å². The number of carboxylic acids is 1. The van der Waals surface area contributed by atoms with Gasteiger partial charge in [0.15, 0.2) is 5.13 Å². The lowest BCUT2D eigenvalue weighted by atomic mass is 10.0. The first-order chi connectivity index (χ1) is 16.8. The number of aromatic nitrogens is 2. The summed E-state index contributed by atoms with van der Waals surface area (Å²) < 4.78 is 5.59. The zero-order valence-electron chi connectivity index (χ0n) is 19.4. The van der Waals surface area contributed by atoms with E-state index >= 15 is 0 Å². The van der Waals surface area contributed by atoms with Crippen molar-refractivity contribution in [2.45, 2.75) is 20.3 Å². The van der Waals surface area contributed by atoms with Gasteiger partial charge in [-0.3, -0.25) is 0 Å². The van der Waals surface area contributed by atoms with Crippen molar-refractivity contribution in [3.05, 3.63) is 76.8 Å². The largest absolute Gasteiger partial charge is 0.487 e. The number of hydrogen-bond donors (Lipinski definition) is 3. The van der Waals surface area contributed by atoms with Crippen molar-refractivity contribution in [2.75, 3.05) is 11.9 Å². The number of ether oxygens (including phenoxy) is 1. The summed E-state index contributed by atoms with van der Waals surface area (Å²) in [7, 11) is 0. The summed E-state index contributed by atoms with van der Waals surface area (Å²) in [6, 6.07) is 13.2. The van der Waals surface area contributed by atoms with Crippen molar-refractivity contribution in [1.29, 1.82) is 0 Å². The molecule has 0 aliphatic heterocycles. The number of nitrogens with two attached hydrogens (primary N) is 1. The highest BCUT2D eigenvalue weighted by atomic mass is 32.1. The minimum atomic E-state index is -1.05. The molecule has 3 aromatic heterocycles. The molecular weight excluding hydrogens is 480 g/mol. The Hall–Kier alpha value is -3.69. The summed E-state index contributed by atoms with van der Waals surface area (Å²) in [5.41, 5.74) is 8.71. The molecule has 4 N–H and O–H groups in total. The Morgan fingerprint density at radius 1 is 1.23 bits per heavy atom. The lowest BCUT2D eigenvalue weighted by Crippen LogP contribution is -2.07. The predicted octanol–water partition coefficient (Wildman–Crippen LogP) is 6.43. The highest BCUT2D eigenvalue weighted by molar-refractivity contribution is 7.16. The van der Waals surface area contributed by atoms with Crippen molar-refractivity contribution in [3.8, 4) is 27.4 Å². The Morgan fingerprint density at radius 2 is 2.00 bits per heavy atom. The van der Waals surface area contributed by atoms with Gasteiger partial charge in [-0.25, -0.2) is 14.8 Å². The van der Waals surface area contributed by atoms with E-state index in [1.165, 1.54) is 22.7 Å². The van der Waals surface area contributed by atoms with Crippen LogP contribution in [0.5, 0.6) is 5.75 Å². The van der Waals surface area contributed by atoms with Gasteiger partial charge in [-0.1, -0.05) is 26.5 Å². The smallest absolute Gasteiger partial charge is 0.339 e. The van der Waals surface area contributed by atoms with Crippen LogP contribution >= 0.6 is 22.7 Å². The van der Waals surface area contributed by atoms with E-state index in [0.29, 0.717) is 22.5 Å². The zero-order chi connectivity index (χ0) is 24.9. The third-order valence-corrected chi connectivity index (χ3v) is 6.90. The fourth-order valence-corrected chi connectivity index (χ4v) is 5.33. The summed E-state index contributed by atoms with van der Waals surface area (Å²) in [6.45, 7) is 8.21. The van der Waals surface area contributed by atoms with E-state index in [2.05, 4.69) is 30.7 Å². The van der Waals surface area contributed by atoms with E-state index in [1.807, 2.05) is 41.8 Å². The van der Waals surface area contributed by atoms with Gasteiger partial charge >= 0.3 is 5.97 Å². The fraction of sp³-hybridized carbons (Fsp3) is 0.192. The molecule has 3 heterocycles. The van der Waals surface area contributed by atoms with E-state index < -0.39 is 5.97 Å². The molecule has 180 valence electrons. The van der Waals surface area contributed by atoms with Gasteiger partial charge in [-0.2, -0.15) is 0 Å². The first-order valence-electron chi connectivity index (χ1n) is 11.0. The molecule has 0 saturated carbocycles. The molecule has 0 aliphatic rings. The Bertz CT molecular complexity index is 1330. The van der Waals surface area contributed by atoms with Crippen LogP contribution in [-0.4, -0.2) is 27.7 Å². The van der Waals surface area contributed by atoms with Crippen molar-refractivity contribution < 1.29 is 14.6 Å². The molecule has 4 aromatic rings. The summed E-state index contributed by atoms with van der Waals surface area (Å²) in [4.78, 5) is 23.3. The topological polar surface area (TPSA) is 110 Å². The maximum atomic E-state index is 12.0. The van der Waals surface area contributed by atoms with Crippen LogP contribution in [0.25, 0.3) is 21.7 Å². The number of carboxylic acid groups (broad SMARTS) is 1. The minimum absolute atomic E-state index is 0.0982. The number of nitrogens with zero attached hydrogens (tertiary/aromatic N) is 2. The molecule has 0 amide bonds. The summed E-state index contributed by atoms with van der Waals surface area (Å²) in [5, 5.41) is 15.5. The zero-order valence-corrected chi connectivity index (χ0v) is 21.1. The first-order valence-corrected chi connectivity index (χ1v) is 12.7. The fourth-order valence-electron chi connectivity index (χ4n) is 3.43. The molecule has 7 nitrogen and oxygen atoms in total. The average Bonchev–Trinajstić information content (AvgIpc) is 3.48. The molecule has 0 atom stereocenters. The third-order valence-electron chi connectivity index (χ3n) is 4.99. The van der Waals surface area contributed by atoms with Gasteiger partial charge in [-0.15, -0.1) is 22.7 Å². The Kier molecular flexibility index (Phi) is 7.48. The maximum Gasteiger partial charge on any atom is 0.339 e. The van der Waals surface area contributed by atoms with Crippen LogP contribution in [0, 0.1) is 5.92 Å². The molecule has 0 fully saturated rings. The van der Waals surface area contributed by atoms with E-state index in [9.17, 15) is 9.90 Å². The van der Waals surface area contributed by atoms with Crippen LogP contribution in [0.2, 0.25) is 0 Å². The monoisotopic (exact) mass is 506 g/mol. The van der Waals surface area contributed by atoms with Crippen molar-refractivity contribution in [3.63, 3.8) is 0 Å². The number of aromatic carboxylic acids is 1. The molecule has 0 unspecified atom stereocenters. The van der Waals surface area contributed by atoms with Crippen LogP contribution in [0.15, 0.2) is 66.3 Å². The standard InChI is InChI=1S/C26H26N4O3S2/c1-15(2)11-22-23(17-6-8-19(9-7-17)33-14-16(3)27)29-26(35-22)30-24-20(25(31)32)12-18(13-28-24)21-5-4-10-34-21/h4-10,12-13,15H,3,11,14,27H2,1-2H3,(H,31,32)(H,28,29,30). The lowest BCUT2D eigenvalue weighted by Gasteiger charge is -2.08. The highest BCUT2D eigenvalue weighted by Crippen LogP contribution is 2.36. The van der Waals surface area contributed by atoms with Crippen LogP contribution in [-0.2, 0) is 6.42 Å². The number of anilines is 2. The van der Waals surface area contributed by atoms with E-state index in [1.54, 1.807) is 12.3 Å². The second-order valence-electron chi connectivity index (χ2n) is 8.39. The number of rotatable bonds is 10. The molecule has 0 spiro atoms. The molecule has 0 saturated heterocycles. The third kappa shape index (κ3) is 6.06. The van der Waals surface area contributed by atoms with Gasteiger partial charge in [0.25, 0.3) is 0 Å². The minimum Gasteiger partial charge on any atom is -0.487 e. The average molecular weight is 507 g/mol. The van der Waals surface area contributed by atoms with Crippen molar-refractivity contribution in [2.24, 2.45) is 11.7 Å². The van der Waals surface area contributed by atoms with Crippen LogP contribution in [0.4, 0.5) is 10.9 Å². The number of hydrogen-bond acceptors (Lipinski definition) is 8. The SMILES string of the molecule is C=C(N)COc1ccc(-c2nc(Nc3ncc(-c4cccs4)cc3C(=O)O)sc2CC(C)C)cc1. The van der Waals surface area contributed by atoms with E-state index in [-0.39, 0.29) is 18.0 Å². The summed E-state index contributed by atoms with van der Waals surface area (Å²) >= 11 is 3.04. The Labute approximate surface area is 212 Å². The van der Waals surface area contributed by atoms with E-state index in [0.717, 1.165) is 33.0 Å². The number of benzene rings is 1. The molecule has 35 heavy (non-hydrogen) atoms. The summed E-state index contributed by atoms with van der Waals surface area (Å²) in [6.07, 6.45) is 2.52. The number of thiazole rings is 1. The van der Waals surface area contributed by atoms with Gasteiger partial charge in [0.05, 0.1) is 5.69 Å². The van der Waals surface area contributed by atoms with E-state index in [4.69, 9.17) is 15.5 Å². The second kappa shape index (κ2) is 10.7. The van der Waals surface area contributed by atoms with Gasteiger partial charge in [0.1, 0.15) is 23.7 Å². The number of carbonyl (C=O) groups is 1. The lowest BCUT2D eigenvalue weighted by molar-refractivity contribution is 0.0697. The molecule has 9 heteroatoms. The Morgan fingerprint density at radius 3 is 2.63 bits per heavy atom. The molecule has 1 aromatic carbocycles. The quantitative estimate of drug-likeness (QED) is 0.227. The van der Waals surface area contributed by atoms with Gasteiger partial charge in [-0.05, 0) is 54.1 Å². The molecule has 0 aliphatic carbocycles. The second-order valence-corrected chi connectivity index (χ2v) is 10.4. The summed E-state index contributed by atoms with van der Waals surface area (Å²) in [5.74, 6) is 0.340. The molecule has 4 rings (SSSR count). The first kappa shape index (κ1) is 24.4. The van der Waals surface area contributed by atoms with Gasteiger partial charge < -0.3 is 20.9 Å². The van der Waals surface area contributed by atoms with Crippen molar-refractivity contribution >= 4 is 39.6 Å². The Balaban J connectivity index is 1.64. The van der Waals surface area contributed by atoms with Crippen LogP contribution in [0.1, 0.15) is 29.1 Å². The van der Waals surface area contributed by atoms with Gasteiger partial charge in [0.2, 0.25) is 0 Å². The highest BCUT2D eigenvalue weighted by Gasteiger charge is 2.19. The van der Waals surface area contributed by atoms with Crippen LogP contribution in [0.3, 0.4) is 0 Å². The maximum absolute atomic E-state index is 12.0. The van der Waals surface area contributed by atoms with Crippen LogP contribution < -0.4 is 15.8 Å². The molecular formula is C26H26N4O3S2. The predicted molar refractivity (Wildman–Crippen MR) is 143 cm³/mol. The molecule has 0 radical (unpaired) electrons. The van der Waals surface area contributed by atoms with Gasteiger partial charge in [0, 0.05) is 32.8 Å². The number of thiophene rings is 1. The molecule has 0 bridgehead atoms. The number of pyridine rings is 1.